The first kappa shape index (κ1) is 18.5. The molecule has 2 heterocycles. The molecule has 5 atom stereocenters. The largest absolute Gasteiger partial charge is 0.462 e. The number of allylic oxidation sites excluding steroid dienone is 1. The van der Waals surface area contributed by atoms with Gasteiger partial charge in [0.25, 0.3) is 0 Å². The SMILES string of the molecule is CC#CCCC(C)(/C=C/[C@H]1CC[C@@H]2OC(=O)C[C@@H]21)OC1CCCCO1. The average Bonchev–Trinajstić information content (AvgIpc) is 3.13. The summed E-state index contributed by atoms with van der Waals surface area (Å²) in [5.41, 5.74) is -0.382. The summed E-state index contributed by atoms with van der Waals surface area (Å²) in [4.78, 5) is 11.5. The predicted octanol–water partition coefficient (Wildman–Crippen LogP) is 3.99. The first-order chi connectivity index (χ1) is 12.1. The van der Waals surface area contributed by atoms with E-state index < -0.39 is 0 Å². The molecule has 1 saturated carbocycles. The summed E-state index contributed by atoms with van der Waals surface area (Å²) in [5.74, 6) is 6.81. The van der Waals surface area contributed by atoms with Crippen molar-refractivity contribution >= 4 is 5.97 Å². The summed E-state index contributed by atoms with van der Waals surface area (Å²) < 4.78 is 17.5. The van der Waals surface area contributed by atoms with Crippen LogP contribution in [0, 0.1) is 23.7 Å². The number of carbonyl (C=O) groups is 1. The zero-order chi connectivity index (χ0) is 17.7. The van der Waals surface area contributed by atoms with Gasteiger partial charge in [-0.2, -0.15) is 0 Å². The fourth-order valence-corrected chi connectivity index (χ4v) is 4.19. The summed E-state index contributed by atoms with van der Waals surface area (Å²) in [7, 11) is 0. The predicted molar refractivity (Wildman–Crippen MR) is 95.6 cm³/mol. The molecule has 0 aromatic carbocycles. The Balaban J connectivity index is 1.65. The molecule has 0 spiro atoms. The number of carbonyl (C=O) groups excluding carboxylic acids is 1. The Kier molecular flexibility index (Phi) is 6.19. The molecule has 2 aliphatic heterocycles. The van der Waals surface area contributed by atoms with Crippen molar-refractivity contribution in [2.75, 3.05) is 6.61 Å². The molecule has 2 unspecified atom stereocenters. The van der Waals surface area contributed by atoms with Gasteiger partial charge in [-0.25, -0.2) is 0 Å². The molecule has 3 aliphatic rings. The van der Waals surface area contributed by atoms with Crippen molar-refractivity contribution in [3.8, 4) is 11.8 Å². The van der Waals surface area contributed by atoms with E-state index >= 15 is 0 Å². The number of fused-ring (bicyclic) bond motifs is 1. The van der Waals surface area contributed by atoms with E-state index in [0.29, 0.717) is 18.3 Å². The second kappa shape index (κ2) is 8.38. The molecule has 25 heavy (non-hydrogen) atoms. The van der Waals surface area contributed by atoms with Crippen LogP contribution in [0.3, 0.4) is 0 Å². The molecule has 0 amide bonds. The number of esters is 1. The highest BCUT2D eigenvalue weighted by molar-refractivity contribution is 5.72. The highest BCUT2D eigenvalue weighted by atomic mass is 16.7. The van der Waals surface area contributed by atoms with Gasteiger partial charge in [0.05, 0.1) is 12.0 Å². The first-order valence-corrected chi connectivity index (χ1v) is 9.67. The molecule has 0 aromatic heterocycles. The molecular formula is C21H30O4. The third-order valence-electron chi connectivity index (χ3n) is 5.65. The summed E-state index contributed by atoms with van der Waals surface area (Å²) in [6.07, 6.45) is 12.0. The van der Waals surface area contributed by atoms with E-state index in [9.17, 15) is 4.79 Å². The maximum Gasteiger partial charge on any atom is 0.306 e. The Bertz CT molecular complexity index is 552. The van der Waals surface area contributed by atoms with Crippen molar-refractivity contribution < 1.29 is 19.0 Å². The van der Waals surface area contributed by atoms with Crippen molar-refractivity contribution in [3.63, 3.8) is 0 Å². The van der Waals surface area contributed by atoms with Gasteiger partial charge in [-0.15, -0.1) is 11.8 Å². The molecule has 0 N–H and O–H groups in total. The molecule has 3 rings (SSSR count). The lowest BCUT2D eigenvalue weighted by Gasteiger charge is -2.33. The van der Waals surface area contributed by atoms with Gasteiger partial charge in [0, 0.05) is 18.9 Å². The Labute approximate surface area is 151 Å². The lowest BCUT2D eigenvalue weighted by molar-refractivity contribution is -0.207. The quantitative estimate of drug-likeness (QED) is 0.414. The molecule has 0 bridgehead atoms. The fraction of sp³-hybridized carbons (Fsp3) is 0.762. The van der Waals surface area contributed by atoms with Gasteiger partial charge in [0.1, 0.15) is 6.10 Å². The molecule has 138 valence electrons. The minimum Gasteiger partial charge on any atom is -0.462 e. The third-order valence-corrected chi connectivity index (χ3v) is 5.65. The minimum atomic E-state index is -0.382. The van der Waals surface area contributed by atoms with Crippen LogP contribution in [0.5, 0.6) is 0 Å². The zero-order valence-electron chi connectivity index (χ0n) is 15.5. The number of hydrogen-bond acceptors (Lipinski definition) is 4. The second-order valence-corrected chi connectivity index (χ2v) is 7.65. The summed E-state index contributed by atoms with van der Waals surface area (Å²) >= 11 is 0. The highest BCUT2D eigenvalue weighted by Crippen LogP contribution is 2.42. The monoisotopic (exact) mass is 346 g/mol. The minimum absolute atomic E-state index is 0.0408. The zero-order valence-corrected chi connectivity index (χ0v) is 15.5. The van der Waals surface area contributed by atoms with Crippen LogP contribution in [-0.4, -0.2) is 30.6 Å². The number of ether oxygens (including phenoxy) is 3. The maximum absolute atomic E-state index is 11.5. The van der Waals surface area contributed by atoms with Crippen LogP contribution in [0.25, 0.3) is 0 Å². The Morgan fingerprint density at radius 2 is 2.20 bits per heavy atom. The van der Waals surface area contributed by atoms with Crippen LogP contribution in [0.15, 0.2) is 12.2 Å². The fourth-order valence-electron chi connectivity index (χ4n) is 4.19. The van der Waals surface area contributed by atoms with Gasteiger partial charge in [0.15, 0.2) is 6.29 Å². The molecule has 2 saturated heterocycles. The molecule has 4 nitrogen and oxygen atoms in total. The molecule has 3 fully saturated rings. The van der Waals surface area contributed by atoms with Gasteiger partial charge < -0.3 is 14.2 Å². The molecule has 0 aromatic rings. The van der Waals surface area contributed by atoms with Crippen molar-refractivity contribution in [2.24, 2.45) is 11.8 Å². The molecule has 0 radical (unpaired) electrons. The van der Waals surface area contributed by atoms with Gasteiger partial charge in [0.2, 0.25) is 0 Å². The Hall–Kier alpha value is -1.31. The maximum atomic E-state index is 11.5. The van der Waals surface area contributed by atoms with Gasteiger partial charge in [-0.05, 0) is 58.3 Å². The van der Waals surface area contributed by atoms with Crippen LogP contribution in [-0.2, 0) is 19.0 Å². The van der Waals surface area contributed by atoms with Gasteiger partial charge >= 0.3 is 5.97 Å². The smallest absolute Gasteiger partial charge is 0.306 e. The van der Waals surface area contributed by atoms with Crippen molar-refractivity contribution in [1.29, 1.82) is 0 Å². The van der Waals surface area contributed by atoms with Gasteiger partial charge in [-0.3, -0.25) is 4.79 Å². The van der Waals surface area contributed by atoms with E-state index in [1.54, 1.807) is 0 Å². The standard InChI is InChI=1S/C21H30O4/c1-3-4-6-12-21(2,25-20-8-5-7-14-23-20)13-11-16-9-10-18-17(16)15-19(22)24-18/h11,13,16-18,20H,5-10,12,14-15H2,1-2H3/b13-11+/t16-,17-,18+,20?,21?/m1/s1. The third kappa shape index (κ3) is 4.86. The van der Waals surface area contributed by atoms with Crippen LogP contribution in [0.2, 0.25) is 0 Å². The van der Waals surface area contributed by atoms with Crippen LogP contribution in [0.4, 0.5) is 0 Å². The van der Waals surface area contributed by atoms with E-state index in [1.165, 1.54) is 0 Å². The summed E-state index contributed by atoms with van der Waals surface area (Å²) in [6.45, 7) is 4.78. The highest BCUT2D eigenvalue weighted by Gasteiger charge is 2.44. The summed E-state index contributed by atoms with van der Waals surface area (Å²) in [6, 6.07) is 0. The topological polar surface area (TPSA) is 44.8 Å². The Morgan fingerprint density at radius 3 is 2.96 bits per heavy atom. The number of hydrogen-bond donors (Lipinski definition) is 0. The summed E-state index contributed by atoms with van der Waals surface area (Å²) in [5, 5.41) is 0. The van der Waals surface area contributed by atoms with Crippen LogP contribution < -0.4 is 0 Å². The number of rotatable bonds is 6. The van der Waals surface area contributed by atoms with Crippen molar-refractivity contribution in [1.82, 2.24) is 0 Å². The van der Waals surface area contributed by atoms with Crippen molar-refractivity contribution in [3.05, 3.63) is 12.2 Å². The van der Waals surface area contributed by atoms with Gasteiger partial charge in [-0.1, -0.05) is 12.2 Å². The van der Waals surface area contributed by atoms with Crippen LogP contribution >= 0.6 is 0 Å². The van der Waals surface area contributed by atoms with E-state index in [0.717, 1.165) is 51.6 Å². The van der Waals surface area contributed by atoms with E-state index in [2.05, 4.69) is 30.9 Å². The van der Waals surface area contributed by atoms with E-state index in [4.69, 9.17) is 14.2 Å². The molecule has 4 heteroatoms. The Morgan fingerprint density at radius 1 is 1.32 bits per heavy atom. The van der Waals surface area contributed by atoms with E-state index in [-0.39, 0.29) is 24.0 Å². The first-order valence-electron chi connectivity index (χ1n) is 9.67. The molecular weight excluding hydrogens is 316 g/mol. The van der Waals surface area contributed by atoms with Crippen molar-refractivity contribution in [2.45, 2.75) is 83.2 Å². The second-order valence-electron chi connectivity index (χ2n) is 7.65. The lowest BCUT2D eigenvalue weighted by atomic mass is 9.90. The normalized spacial score (nSPS) is 34.2. The lowest BCUT2D eigenvalue weighted by Crippen LogP contribution is -2.35. The average molecular weight is 346 g/mol. The molecule has 1 aliphatic carbocycles. The van der Waals surface area contributed by atoms with Crippen LogP contribution in [0.1, 0.15) is 65.2 Å². The van der Waals surface area contributed by atoms with E-state index in [1.807, 2.05) is 6.92 Å².